The van der Waals surface area contributed by atoms with E-state index in [9.17, 15) is 9.18 Å². The summed E-state index contributed by atoms with van der Waals surface area (Å²) >= 11 is 0. The van der Waals surface area contributed by atoms with E-state index in [1.54, 1.807) is 36.4 Å². The Hall–Kier alpha value is -3.68. The highest BCUT2D eigenvalue weighted by Crippen LogP contribution is 2.25. The van der Waals surface area contributed by atoms with Gasteiger partial charge in [0.1, 0.15) is 17.3 Å². The van der Waals surface area contributed by atoms with Crippen LogP contribution in [0.1, 0.15) is 36.5 Å². The van der Waals surface area contributed by atoms with Crippen molar-refractivity contribution in [1.29, 1.82) is 0 Å². The quantitative estimate of drug-likeness (QED) is 0.531. The molecule has 1 atom stereocenters. The van der Waals surface area contributed by atoms with Gasteiger partial charge in [0.25, 0.3) is 5.91 Å². The second-order valence-corrected chi connectivity index (χ2v) is 9.15. The number of nitrogens with zero attached hydrogens (tertiary/aromatic N) is 5. The third-order valence-corrected chi connectivity index (χ3v) is 6.75. The predicted octanol–water partition coefficient (Wildman–Crippen LogP) is 4.75. The maximum Gasteiger partial charge on any atom is 0.254 e. The van der Waals surface area contributed by atoms with Gasteiger partial charge in [-0.1, -0.05) is 6.07 Å². The third-order valence-electron chi connectivity index (χ3n) is 6.75. The number of benzene rings is 2. The standard InChI is InChI=1S/C27H30FN5O2/c1-20-5-2-3-14-33(20)26-13-12-25(29-30-26)31-15-17-32(18-16-31)27(34)21-6-4-7-24(19-21)35-23-10-8-22(28)9-11-23/h4,6-13,19-20H,2-3,5,14-18H2,1H3. The molecule has 0 aliphatic carbocycles. The smallest absolute Gasteiger partial charge is 0.254 e. The van der Waals surface area contributed by atoms with Crippen molar-refractivity contribution < 1.29 is 13.9 Å². The van der Waals surface area contributed by atoms with E-state index in [2.05, 4.69) is 33.0 Å². The molecule has 3 heterocycles. The summed E-state index contributed by atoms with van der Waals surface area (Å²) < 4.78 is 18.9. The summed E-state index contributed by atoms with van der Waals surface area (Å²) in [4.78, 5) is 19.5. The highest BCUT2D eigenvalue weighted by Gasteiger charge is 2.24. The zero-order chi connectivity index (χ0) is 24.2. The lowest BCUT2D eigenvalue weighted by Crippen LogP contribution is -2.49. The number of amides is 1. The molecule has 2 aliphatic heterocycles. The van der Waals surface area contributed by atoms with Crippen LogP contribution in [-0.2, 0) is 0 Å². The van der Waals surface area contributed by atoms with Crippen molar-refractivity contribution in [3.8, 4) is 11.5 Å². The molecule has 2 aromatic carbocycles. The Bertz CT molecular complexity index is 1150. The molecule has 1 unspecified atom stereocenters. The first-order valence-corrected chi connectivity index (χ1v) is 12.2. The molecule has 8 heteroatoms. The van der Waals surface area contributed by atoms with Crippen LogP contribution in [0.3, 0.4) is 0 Å². The number of carbonyl (C=O) groups is 1. The fourth-order valence-electron chi connectivity index (χ4n) is 4.73. The van der Waals surface area contributed by atoms with Crippen molar-refractivity contribution in [2.45, 2.75) is 32.2 Å². The topological polar surface area (TPSA) is 61.8 Å². The van der Waals surface area contributed by atoms with Crippen LogP contribution >= 0.6 is 0 Å². The monoisotopic (exact) mass is 475 g/mol. The number of aromatic nitrogens is 2. The lowest BCUT2D eigenvalue weighted by Gasteiger charge is -2.36. The fraction of sp³-hybridized carbons (Fsp3) is 0.370. The molecule has 0 bridgehead atoms. The van der Waals surface area contributed by atoms with Gasteiger partial charge < -0.3 is 19.4 Å². The Morgan fingerprint density at radius 2 is 1.63 bits per heavy atom. The molecule has 0 N–H and O–H groups in total. The summed E-state index contributed by atoms with van der Waals surface area (Å²) in [7, 11) is 0. The largest absolute Gasteiger partial charge is 0.457 e. The second-order valence-electron chi connectivity index (χ2n) is 9.15. The zero-order valence-corrected chi connectivity index (χ0v) is 19.9. The molecule has 3 aromatic rings. The minimum absolute atomic E-state index is 0.0327. The van der Waals surface area contributed by atoms with Gasteiger partial charge in [-0.15, -0.1) is 10.2 Å². The summed E-state index contributed by atoms with van der Waals surface area (Å²) in [6.07, 6.45) is 3.67. The highest BCUT2D eigenvalue weighted by molar-refractivity contribution is 5.94. The fourth-order valence-corrected chi connectivity index (χ4v) is 4.73. The van der Waals surface area contributed by atoms with Crippen LogP contribution in [0.15, 0.2) is 60.7 Å². The minimum atomic E-state index is -0.320. The van der Waals surface area contributed by atoms with Crippen molar-refractivity contribution in [3.05, 3.63) is 72.0 Å². The molecule has 0 spiro atoms. The number of rotatable bonds is 5. The molecule has 1 amide bonds. The number of hydrogen-bond donors (Lipinski definition) is 0. The molecule has 2 fully saturated rings. The average molecular weight is 476 g/mol. The molecule has 0 radical (unpaired) electrons. The number of hydrogen-bond acceptors (Lipinski definition) is 6. The molecule has 35 heavy (non-hydrogen) atoms. The molecule has 0 saturated carbocycles. The van der Waals surface area contributed by atoms with Gasteiger partial charge >= 0.3 is 0 Å². The predicted molar refractivity (Wildman–Crippen MR) is 134 cm³/mol. The molecule has 7 nitrogen and oxygen atoms in total. The molecule has 1 aromatic heterocycles. The molecular weight excluding hydrogens is 445 g/mol. The van der Waals surface area contributed by atoms with E-state index >= 15 is 0 Å². The summed E-state index contributed by atoms with van der Waals surface area (Å²) in [6, 6.07) is 17.5. The number of carbonyl (C=O) groups excluding carboxylic acids is 1. The number of ether oxygens (including phenoxy) is 1. The summed E-state index contributed by atoms with van der Waals surface area (Å²) in [5.41, 5.74) is 0.567. The summed E-state index contributed by atoms with van der Waals surface area (Å²) in [5.74, 6) is 2.50. The summed E-state index contributed by atoms with van der Waals surface area (Å²) in [5, 5.41) is 8.99. The lowest BCUT2D eigenvalue weighted by molar-refractivity contribution is 0.0746. The van der Waals surface area contributed by atoms with Crippen molar-refractivity contribution >= 4 is 17.5 Å². The van der Waals surface area contributed by atoms with Gasteiger partial charge in [-0.3, -0.25) is 4.79 Å². The van der Waals surface area contributed by atoms with Gasteiger partial charge in [-0.25, -0.2) is 4.39 Å². The van der Waals surface area contributed by atoms with Crippen LogP contribution in [0, 0.1) is 5.82 Å². The van der Waals surface area contributed by atoms with Crippen LogP contribution in [0.4, 0.5) is 16.0 Å². The van der Waals surface area contributed by atoms with Gasteiger partial charge in [-0.05, 0) is 80.8 Å². The molecular formula is C27H30FN5O2. The van der Waals surface area contributed by atoms with Gasteiger partial charge in [0.2, 0.25) is 0 Å². The van der Waals surface area contributed by atoms with Crippen molar-refractivity contribution in [3.63, 3.8) is 0 Å². The van der Waals surface area contributed by atoms with Crippen LogP contribution in [0.2, 0.25) is 0 Å². The Balaban J connectivity index is 1.18. The maximum absolute atomic E-state index is 13.1. The second kappa shape index (κ2) is 10.3. The van der Waals surface area contributed by atoms with Crippen molar-refractivity contribution in [1.82, 2.24) is 15.1 Å². The van der Waals surface area contributed by atoms with E-state index in [0.717, 1.165) is 18.2 Å². The first-order valence-electron chi connectivity index (χ1n) is 12.2. The summed E-state index contributed by atoms with van der Waals surface area (Å²) in [6.45, 7) is 5.89. The lowest BCUT2D eigenvalue weighted by atomic mass is 10.0. The SMILES string of the molecule is CC1CCCCN1c1ccc(N2CCN(C(=O)c3cccc(Oc4ccc(F)cc4)c3)CC2)nn1. The first-order chi connectivity index (χ1) is 17.1. The van der Waals surface area contributed by atoms with E-state index in [4.69, 9.17) is 4.74 Å². The van der Waals surface area contributed by atoms with E-state index < -0.39 is 0 Å². The number of halogens is 1. The van der Waals surface area contributed by atoms with Crippen molar-refractivity contribution in [2.75, 3.05) is 42.5 Å². The van der Waals surface area contributed by atoms with Crippen LogP contribution in [-0.4, -0.2) is 59.8 Å². The number of piperidine rings is 1. The minimum Gasteiger partial charge on any atom is -0.457 e. The van der Waals surface area contributed by atoms with E-state index in [1.165, 1.54) is 31.4 Å². The van der Waals surface area contributed by atoms with E-state index in [0.29, 0.717) is 49.3 Å². The zero-order valence-electron chi connectivity index (χ0n) is 19.9. The van der Waals surface area contributed by atoms with Gasteiger partial charge in [0, 0.05) is 44.3 Å². The number of piperazine rings is 1. The Morgan fingerprint density at radius 3 is 2.34 bits per heavy atom. The average Bonchev–Trinajstić information content (AvgIpc) is 2.90. The molecule has 182 valence electrons. The van der Waals surface area contributed by atoms with Gasteiger partial charge in [-0.2, -0.15) is 0 Å². The normalized spacial score (nSPS) is 18.5. The molecule has 2 saturated heterocycles. The van der Waals surface area contributed by atoms with E-state index in [-0.39, 0.29) is 11.7 Å². The van der Waals surface area contributed by atoms with Crippen molar-refractivity contribution in [2.24, 2.45) is 0 Å². The van der Waals surface area contributed by atoms with Gasteiger partial charge in [0.05, 0.1) is 0 Å². The third kappa shape index (κ3) is 5.37. The van der Waals surface area contributed by atoms with E-state index in [1.807, 2.05) is 11.0 Å². The van der Waals surface area contributed by atoms with Crippen LogP contribution < -0.4 is 14.5 Å². The Morgan fingerprint density at radius 1 is 0.886 bits per heavy atom. The van der Waals surface area contributed by atoms with Gasteiger partial charge in [0.15, 0.2) is 11.6 Å². The molecule has 5 rings (SSSR count). The first kappa shape index (κ1) is 23.1. The van der Waals surface area contributed by atoms with Crippen LogP contribution in [0.5, 0.6) is 11.5 Å². The van der Waals surface area contributed by atoms with Crippen LogP contribution in [0.25, 0.3) is 0 Å². The maximum atomic E-state index is 13.1. The molecule has 2 aliphatic rings. The Labute approximate surface area is 205 Å². The Kier molecular flexibility index (Phi) is 6.79. The number of anilines is 2. The highest BCUT2D eigenvalue weighted by atomic mass is 19.1.